The molecule has 5 heteroatoms. The monoisotopic (exact) mass is 289 g/mol. The van der Waals surface area contributed by atoms with E-state index in [-0.39, 0.29) is 17.7 Å². The molecule has 3 nitrogen and oxygen atoms in total. The topological polar surface area (TPSA) is 40.5 Å². The van der Waals surface area contributed by atoms with Gasteiger partial charge < -0.3 is 10.0 Å². The maximum Gasteiger partial charge on any atom is 0.255 e. The summed E-state index contributed by atoms with van der Waals surface area (Å²) in [6.07, 6.45) is 0.724. The van der Waals surface area contributed by atoms with E-state index in [0.717, 1.165) is 6.42 Å². The molecule has 1 rings (SSSR count). The molecule has 1 aromatic carbocycles. The molecule has 0 aromatic heterocycles. The van der Waals surface area contributed by atoms with Gasteiger partial charge in [0.2, 0.25) is 0 Å². The maximum atomic E-state index is 12.4. The summed E-state index contributed by atoms with van der Waals surface area (Å²) in [7, 11) is 0. The predicted molar refractivity (Wildman–Crippen MR) is 74.6 cm³/mol. The second-order valence-corrected chi connectivity index (χ2v) is 5.08. The molecule has 0 saturated heterocycles. The maximum absolute atomic E-state index is 12.4. The lowest BCUT2D eigenvalue weighted by Gasteiger charge is -2.27. The van der Waals surface area contributed by atoms with Gasteiger partial charge in [0.15, 0.2) is 0 Å². The van der Waals surface area contributed by atoms with Crippen LogP contribution >= 0.6 is 23.2 Å². The van der Waals surface area contributed by atoms with Crippen molar-refractivity contribution in [3.05, 3.63) is 28.8 Å². The number of hydrogen-bond donors (Lipinski definition) is 1. The number of hydrogen-bond acceptors (Lipinski definition) is 2. The van der Waals surface area contributed by atoms with Crippen molar-refractivity contribution in [1.82, 2.24) is 4.90 Å². The molecule has 0 atom stereocenters. The van der Waals surface area contributed by atoms with Crippen molar-refractivity contribution in [3.63, 3.8) is 0 Å². The van der Waals surface area contributed by atoms with Crippen molar-refractivity contribution < 1.29 is 9.90 Å². The lowest BCUT2D eigenvalue weighted by molar-refractivity contribution is 0.0706. The Kier molecular flexibility index (Phi) is 5.76. The van der Waals surface area contributed by atoms with Crippen LogP contribution in [0.4, 0.5) is 0 Å². The molecule has 0 heterocycles. The lowest BCUT2D eigenvalue weighted by atomic mass is 10.1. The Morgan fingerprint density at radius 2 is 2.11 bits per heavy atom. The summed E-state index contributed by atoms with van der Waals surface area (Å²) in [6, 6.07) is 4.42. The Hall–Kier alpha value is -0.930. The Labute approximate surface area is 117 Å². The molecular formula is C13H17Cl2NO2. The van der Waals surface area contributed by atoms with E-state index in [1.807, 2.05) is 13.8 Å². The van der Waals surface area contributed by atoms with Crippen molar-refractivity contribution in [2.75, 3.05) is 12.4 Å². The minimum Gasteiger partial charge on any atom is -0.508 e. The predicted octanol–water partition coefficient (Wildman–Crippen LogP) is 3.53. The number of carbonyl (C=O) groups is 1. The smallest absolute Gasteiger partial charge is 0.255 e. The summed E-state index contributed by atoms with van der Waals surface area (Å²) in [5.74, 6) is 0.351. The SMILES string of the molecule is CC(C)N(CCCCl)C(=O)c1cc(O)ccc1Cl. The molecule has 0 aliphatic carbocycles. The first kappa shape index (κ1) is 15.1. The normalized spacial score (nSPS) is 10.7. The van der Waals surface area contributed by atoms with E-state index in [2.05, 4.69) is 0 Å². The molecule has 0 radical (unpaired) electrons. The molecule has 0 bridgehead atoms. The minimum absolute atomic E-state index is 0.0313. The number of benzene rings is 1. The number of halogens is 2. The highest BCUT2D eigenvalue weighted by Gasteiger charge is 2.20. The summed E-state index contributed by atoms with van der Waals surface area (Å²) in [5, 5.41) is 9.77. The van der Waals surface area contributed by atoms with Crippen molar-refractivity contribution in [1.29, 1.82) is 0 Å². The Bertz CT molecular complexity index is 421. The number of carbonyl (C=O) groups excluding carboxylic acids is 1. The number of alkyl halides is 1. The third kappa shape index (κ3) is 3.79. The summed E-state index contributed by atoms with van der Waals surface area (Å²) in [6.45, 7) is 4.44. The fourth-order valence-corrected chi connectivity index (χ4v) is 1.97. The second kappa shape index (κ2) is 6.86. The Morgan fingerprint density at radius 1 is 1.44 bits per heavy atom. The van der Waals surface area contributed by atoms with Gasteiger partial charge in [-0.05, 0) is 38.5 Å². The molecule has 0 fully saturated rings. The van der Waals surface area contributed by atoms with E-state index in [9.17, 15) is 9.90 Å². The fourth-order valence-electron chi connectivity index (χ4n) is 1.66. The zero-order valence-corrected chi connectivity index (χ0v) is 12.0. The van der Waals surface area contributed by atoms with E-state index < -0.39 is 0 Å². The van der Waals surface area contributed by atoms with Gasteiger partial charge in [0, 0.05) is 18.5 Å². The van der Waals surface area contributed by atoms with E-state index in [4.69, 9.17) is 23.2 Å². The van der Waals surface area contributed by atoms with Gasteiger partial charge in [0.1, 0.15) is 5.75 Å². The number of rotatable bonds is 5. The highest BCUT2D eigenvalue weighted by Crippen LogP contribution is 2.23. The van der Waals surface area contributed by atoms with Gasteiger partial charge >= 0.3 is 0 Å². The average molecular weight is 290 g/mol. The molecule has 1 N–H and O–H groups in total. The first-order valence-electron chi connectivity index (χ1n) is 5.82. The molecule has 100 valence electrons. The van der Waals surface area contributed by atoms with Crippen LogP contribution in [0.2, 0.25) is 5.02 Å². The van der Waals surface area contributed by atoms with Gasteiger partial charge in [-0.3, -0.25) is 4.79 Å². The van der Waals surface area contributed by atoms with Crippen LogP contribution in [-0.4, -0.2) is 34.4 Å². The molecule has 0 unspecified atom stereocenters. The van der Waals surface area contributed by atoms with Crippen LogP contribution in [0.15, 0.2) is 18.2 Å². The number of phenolic OH excluding ortho intramolecular Hbond substituents is 1. The summed E-state index contributed by atoms with van der Waals surface area (Å²) >= 11 is 11.6. The lowest BCUT2D eigenvalue weighted by Crippen LogP contribution is -2.38. The van der Waals surface area contributed by atoms with Gasteiger partial charge in [0.05, 0.1) is 10.6 Å². The quantitative estimate of drug-likeness (QED) is 0.843. The number of phenols is 1. The van der Waals surface area contributed by atoms with Crippen LogP contribution in [0.3, 0.4) is 0 Å². The molecule has 1 aromatic rings. The number of amides is 1. The summed E-state index contributed by atoms with van der Waals surface area (Å²) < 4.78 is 0. The summed E-state index contributed by atoms with van der Waals surface area (Å²) in [5.41, 5.74) is 0.319. The number of nitrogens with zero attached hydrogens (tertiary/aromatic N) is 1. The highest BCUT2D eigenvalue weighted by atomic mass is 35.5. The van der Waals surface area contributed by atoms with E-state index in [1.165, 1.54) is 18.2 Å². The van der Waals surface area contributed by atoms with Gasteiger partial charge in [-0.2, -0.15) is 0 Å². The average Bonchev–Trinajstić information content (AvgIpc) is 2.32. The van der Waals surface area contributed by atoms with Crippen LogP contribution in [0.25, 0.3) is 0 Å². The first-order valence-corrected chi connectivity index (χ1v) is 6.74. The third-order valence-corrected chi connectivity index (χ3v) is 3.19. The Balaban J connectivity index is 2.98. The molecule has 0 aliphatic rings. The van der Waals surface area contributed by atoms with Crippen molar-refractivity contribution >= 4 is 29.1 Å². The molecule has 0 saturated carbocycles. The molecule has 18 heavy (non-hydrogen) atoms. The zero-order chi connectivity index (χ0) is 13.7. The van der Waals surface area contributed by atoms with Gasteiger partial charge in [0.25, 0.3) is 5.91 Å². The fraction of sp³-hybridized carbons (Fsp3) is 0.462. The van der Waals surface area contributed by atoms with E-state index in [0.29, 0.717) is 23.0 Å². The number of aromatic hydroxyl groups is 1. The summed E-state index contributed by atoms with van der Waals surface area (Å²) in [4.78, 5) is 14.0. The van der Waals surface area contributed by atoms with Crippen LogP contribution in [0.5, 0.6) is 5.75 Å². The zero-order valence-electron chi connectivity index (χ0n) is 10.5. The van der Waals surface area contributed by atoms with Crippen molar-refractivity contribution in [3.8, 4) is 5.75 Å². The minimum atomic E-state index is -0.184. The first-order chi connectivity index (χ1) is 8.47. The van der Waals surface area contributed by atoms with Crippen LogP contribution in [0, 0.1) is 0 Å². The standard InChI is InChI=1S/C13H17Cl2NO2/c1-9(2)16(7-3-6-14)13(18)11-8-10(17)4-5-12(11)15/h4-5,8-9,17H,3,6-7H2,1-2H3. The highest BCUT2D eigenvalue weighted by molar-refractivity contribution is 6.33. The second-order valence-electron chi connectivity index (χ2n) is 4.30. The van der Waals surface area contributed by atoms with Gasteiger partial charge in [-0.25, -0.2) is 0 Å². The third-order valence-electron chi connectivity index (χ3n) is 2.60. The molecular weight excluding hydrogens is 273 g/mol. The molecule has 1 amide bonds. The van der Waals surface area contributed by atoms with Gasteiger partial charge in [-0.15, -0.1) is 11.6 Å². The van der Waals surface area contributed by atoms with E-state index >= 15 is 0 Å². The molecule has 0 spiro atoms. The Morgan fingerprint density at radius 3 is 2.67 bits per heavy atom. The largest absolute Gasteiger partial charge is 0.508 e. The molecule has 0 aliphatic heterocycles. The van der Waals surface area contributed by atoms with Gasteiger partial charge in [-0.1, -0.05) is 11.6 Å². The van der Waals surface area contributed by atoms with E-state index in [1.54, 1.807) is 4.90 Å². The van der Waals surface area contributed by atoms with Crippen LogP contribution in [-0.2, 0) is 0 Å². The van der Waals surface area contributed by atoms with Crippen LogP contribution < -0.4 is 0 Å². The van der Waals surface area contributed by atoms with Crippen molar-refractivity contribution in [2.24, 2.45) is 0 Å². The van der Waals surface area contributed by atoms with Crippen molar-refractivity contribution in [2.45, 2.75) is 26.3 Å². The van der Waals surface area contributed by atoms with Crippen LogP contribution in [0.1, 0.15) is 30.6 Å².